The third kappa shape index (κ3) is 20.2. The molecule has 13 heteroatoms. The van der Waals surface area contributed by atoms with Gasteiger partial charge in [0.25, 0.3) is 0 Å². The van der Waals surface area contributed by atoms with Crippen molar-refractivity contribution in [1.82, 2.24) is 20.9 Å². The second kappa shape index (κ2) is 23.9. The monoisotopic (exact) mass is 801 g/mol. The van der Waals surface area contributed by atoms with Crippen LogP contribution < -0.4 is 16.0 Å². The van der Waals surface area contributed by atoms with Crippen LogP contribution in [0.25, 0.3) is 0 Å². The lowest BCUT2D eigenvalue weighted by atomic mass is 10.0. The van der Waals surface area contributed by atoms with Crippen LogP contribution in [0.5, 0.6) is 0 Å². The van der Waals surface area contributed by atoms with E-state index >= 15 is 0 Å². The fraction of sp³-hybridized carbons (Fsp3) is 0.727. The number of nitrogens with zero attached hydrogens (tertiary/aromatic N) is 1. The van der Waals surface area contributed by atoms with Crippen molar-refractivity contribution < 1.29 is 43.0 Å². The van der Waals surface area contributed by atoms with E-state index in [0.29, 0.717) is 25.8 Å². The number of cyclic esters (lactones) is 1. The Morgan fingerprint density at radius 1 is 0.754 bits per heavy atom. The lowest BCUT2D eigenvalue weighted by Gasteiger charge is -2.33. The maximum Gasteiger partial charge on any atom is 0.331 e. The number of rotatable bonds is 24. The average molecular weight is 801 g/mol. The largest absolute Gasteiger partial charge is 0.460 e. The molecule has 4 amide bonds. The Labute approximate surface area is 341 Å². The van der Waals surface area contributed by atoms with Gasteiger partial charge in [-0.1, -0.05) is 63.3 Å². The van der Waals surface area contributed by atoms with Gasteiger partial charge in [0.05, 0.1) is 6.42 Å². The van der Waals surface area contributed by atoms with Crippen molar-refractivity contribution in [2.75, 3.05) is 13.1 Å². The number of urea groups is 1. The highest BCUT2D eigenvalue weighted by atomic mass is 16.6. The molecular weight excluding hydrogens is 729 g/mol. The molecule has 3 N–H and O–H groups in total. The molecule has 0 saturated carbocycles. The number of hydrogen-bond acceptors (Lipinski definition) is 9. The molecular formula is C44H72N4O9. The van der Waals surface area contributed by atoms with E-state index in [0.717, 1.165) is 44.2 Å². The number of aryl methyl sites for hydroxylation is 1. The van der Waals surface area contributed by atoms with E-state index in [9.17, 15) is 28.8 Å². The summed E-state index contributed by atoms with van der Waals surface area (Å²) in [6, 6.07) is 5.26. The van der Waals surface area contributed by atoms with Gasteiger partial charge < -0.3 is 30.2 Å². The van der Waals surface area contributed by atoms with E-state index in [2.05, 4.69) is 22.9 Å². The number of unbranched alkanes of at least 4 members (excludes halogenated alkanes) is 7. The lowest BCUT2D eigenvalue weighted by Crippen LogP contribution is -2.56. The number of carbonyl (C=O) groups excluding carboxylic acids is 6. The molecule has 57 heavy (non-hydrogen) atoms. The van der Waals surface area contributed by atoms with Crippen LogP contribution in [-0.4, -0.2) is 82.8 Å². The summed E-state index contributed by atoms with van der Waals surface area (Å²) in [7, 11) is 0. The van der Waals surface area contributed by atoms with Crippen LogP contribution in [0.1, 0.15) is 163 Å². The fourth-order valence-corrected chi connectivity index (χ4v) is 6.57. The molecule has 2 atom stereocenters. The van der Waals surface area contributed by atoms with Gasteiger partial charge in [-0.15, -0.1) is 0 Å². The van der Waals surface area contributed by atoms with Crippen molar-refractivity contribution in [2.45, 2.75) is 194 Å². The molecule has 0 aromatic heterocycles. The van der Waals surface area contributed by atoms with Crippen LogP contribution in [-0.2, 0) is 51.0 Å². The Hall–Kier alpha value is -4.16. The topological polar surface area (TPSA) is 169 Å². The minimum Gasteiger partial charge on any atom is -0.460 e. The summed E-state index contributed by atoms with van der Waals surface area (Å²) in [5.41, 5.74) is -0.718. The standard InChI is InChI=1S/C44H72N4O9/c1-10-11-12-13-18-29-45-36(49)22-16-14-15-20-32-23-25-33(26-24-32)31-37(50)46-30-19-17-21-34(39(52)56-43(5,6)7)47-41(54)48-35(40(53)57-44(48,8)9)27-28-38(51)55-42(2,3)4/h23-26,34-35H,10-22,27-31H2,1-9H3,(H,45,49)(H,46,50)(H,47,54)/t34-,35-/m0/s1. The van der Waals surface area contributed by atoms with E-state index in [1.54, 1.807) is 55.4 Å². The average Bonchev–Trinajstić information content (AvgIpc) is 3.33. The zero-order chi connectivity index (χ0) is 42.6. The number of amides is 4. The molecule has 0 aliphatic carbocycles. The number of benzene rings is 1. The van der Waals surface area contributed by atoms with Gasteiger partial charge in [-0.05, 0) is 118 Å². The Kier molecular flexibility index (Phi) is 20.6. The van der Waals surface area contributed by atoms with Gasteiger partial charge in [0.1, 0.15) is 23.3 Å². The molecule has 322 valence electrons. The second-order valence-electron chi connectivity index (χ2n) is 17.6. The molecule has 0 spiro atoms. The third-order valence-electron chi connectivity index (χ3n) is 9.37. The molecule has 13 nitrogen and oxygen atoms in total. The molecule has 1 aliphatic heterocycles. The highest BCUT2D eigenvalue weighted by Gasteiger charge is 2.51. The highest BCUT2D eigenvalue weighted by molar-refractivity contribution is 5.90. The Morgan fingerprint density at radius 3 is 1.96 bits per heavy atom. The van der Waals surface area contributed by atoms with Crippen molar-refractivity contribution >= 4 is 35.8 Å². The number of esters is 3. The maximum absolute atomic E-state index is 13.7. The van der Waals surface area contributed by atoms with Gasteiger partial charge in [0.15, 0.2) is 5.72 Å². The Balaban J connectivity index is 1.80. The summed E-state index contributed by atoms with van der Waals surface area (Å²) in [6.07, 6.45) is 11.7. The molecule has 0 radical (unpaired) electrons. The Bertz CT molecular complexity index is 1450. The molecule has 1 aromatic carbocycles. The van der Waals surface area contributed by atoms with Gasteiger partial charge in [0.2, 0.25) is 11.8 Å². The minimum atomic E-state index is -1.32. The van der Waals surface area contributed by atoms with Gasteiger partial charge in [-0.2, -0.15) is 0 Å². The van der Waals surface area contributed by atoms with Gasteiger partial charge in [-0.3, -0.25) is 19.3 Å². The number of ether oxygens (including phenoxy) is 3. The van der Waals surface area contributed by atoms with Crippen LogP contribution >= 0.6 is 0 Å². The van der Waals surface area contributed by atoms with Gasteiger partial charge >= 0.3 is 23.9 Å². The van der Waals surface area contributed by atoms with Crippen molar-refractivity contribution in [3.8, 4) is 0 Å². The summed E-state index contributed by atoms with van der Waals surface area (Å²) in [6.45, 7) is 16.9. The molecule has 1 aliphatic rings. The van der Waals surface area contributed by atoms with E-state index in [1.807, 2.05) is 24.3 Å². The SMILES string of the molecule is CCCCCCCNC(=O)CCCCCc1ccc(CC(=O)NCCCC[C@H](NC(=O)N2[C@@H](CCC(=O)OC(C)(C)C)C(=O)OC2(C)C)C(=O)OC(C)(C)C)cc1. The van der Waals surface area contributed by atoms with E-state index in [1.165, 1.54) is 36.1 Å². The maximum atomic E-state index is 13.7. The van der Waals surface area contributed by atoms with Crippen LogP contribution in [0.15, 0.2) is 24.3 Å². The molecule has 1 heterocycles. The van der Waals surface area contributed by atoms with Crippen molar-refractivity contribution in [1.29, 1.82) is 0 Å². The smallest absolute Gasteiger partial charge is 0.331 e. The van der Waals surface area contributed by atoms with E-state index < -0.39 is 52.9 Å². The highest BCUT2D eigenvalue weighted by Crippen LogP contribution is 2.31. The van der Waals surface area contributed by atoms with Crippen molar-refractivity contribution in [3.63, 3.8) is 0 Å². The van der Waals surface area contributed by atoms with Gasteiger partial charge in [0, 0.05) is 25.9 Å². The van der Waals surface area contributed by atoms with Crippen LogP contribution in [0.3, 0.4) is 0 Å². The van der Waals surface area contributed by atoms with Crippen LogP contribution in [0, 0.1) is 0 Å². The zero-order valence-electron chi connectivity index (χ0n) is 36.3. The molecule has 2 rings (SSSR count). The molecule has 0 bridgehead atoms. The van der Waals surface area contributed by atoms with Gasteiger partial charge in [-0.25, -0.2) is 14.4 Å². The summed E-state index contributed by atoms with van der Waals surface area (Å²) < 4.78 is 16.5. The normalized spacial score (nSPS) is 15.7. The third-order valence-corrected chi connectivity index (χ3v) is 9.37. The molecule has 1 fully saturated rings. The lowest BCUT2D eigenvalue weighted by molar-refractivity contribution is -0.158. The van der Waals surface area contributed by atoms with E-state index in [-0.39, 0.29) is 37.5 Å². The predicted octanol–water partition coefficient (Wildman–Crippen LogP) is 7.21. The molecule has 0 unspecified atom stereocenters. The van der Waals surface area contributed by atoms with E-state index in [4.69, 9.17) is 14.2 Å². The first-order chi connectivity index (χ1) is 26.7. The summed E-state index contributed by atoms with van der Waals surface area (Å²) in [5.74, 6) is -1.74. The zero-order valence-corrected chi connectivity index (χ0v) is 36.3. The first kappa shape index (κ1) is 49.0. The Morgan fingerprint density at radius 2 is 1.33 bits per heavy atom. The fourth-order valence-electron chi connectivity index (χ4n) is 6.57. The van der Waals surface area contributed by atoms with Crippen molar-refractivity contribution in [3.05, 3.63) is 35.4 Å². The van der Waals surface area contributed by atoms with Crippen molar-refractivity contribution in [2.24, 2.45) is 0 Å². The second-order valence-corrected chi connectivity index (χ2v) is 17.6. The van der Waals surface area contributed by atoms with Crippen LogP contribution in [0.4, 0.5) is 4.79 Å². The summed E-state index contributed by atoms with van der Waals surface area (Å²) >= 11 is 0. The minimum absolute atomic E-state index is 0.00662. The number of carbonyl (C=O) groups is 6. The molecule has 1 saturated heterocycles. The quantitative estimate of drug-likeness (QED) is 0.0556. The predicted molar refractivity (Wildman–Crippen MR) is 220 cm³/mol. The van der Waals surface area contributed by atoms with Crippen LogP contribution in [0.2, 0.25) is 0 Å². The first-order valence-electron chi connectivity index (χ1n) is 21.1. The first-order valence-corrected chi connectivity index (χ1v) is 21.1. The summed E-state index contributed by atoms with van der Waals surface area (Å²) in [5, 5.41) is 8.71. The molecule has 1 aromatic rings. The summed E-state index contributed by atoms with van der Waals surface area (Å²) in [4.78, 5) is 78.1. The number of nitrogens with one attached hydrogen (secondary N) is 3. The number of hydrogen-bond donors (Lipinski definition) is 3.